The lowest BCUT2D eigenvalue weighted by Gasteiger charge is -2.25. The maximum Gasteiger partial charge on any atom is 0.414 e. The first-order valence-corrected chi connectivity index (χ1v) is 10.3. The van der Waals surface area contributed by atoms with Gasteiger partial charge in [-0.25, -0.2) is 24.1 Å². The Morgan fingerprint density at radius 2 is 2.00 bits per heavy atom. The molecular formula is C22H22N6O7. The summed E-state index contributed by atoms with van der Waals surface area (Å²) >= 11 is 0. The molecule has 13 nitrogen and oxygen atoms in total. The van der Waals surface area contributed by atoms with Crippen molar-refractivity contribution in [2.24, 2.45) is 0 Å². The van der Waals surface area contributed by atoms with E-state index in [1.54, 1.807) is 26.8 Å². The quantitative estimate of drug-likeness (QED) is 0.417. The third-order valence-corrected chi connectivity index (χ3v) is 4.65. The lowest BCUT2D eigenvalue weighted by atomic mass is 10.2. The molecule has 0 aliphatic rings. The highest BCUT2D eigenvalue weighted by Crippen LogP contribution is 2.31. The first-order valence-electron chi connectivity index (χ1n) is 10.3. The third kappa shape index (κ3) is 4.69. The van der Waals surface area contributed by atoms with Gasteiger partial charge in [0, 0.05) is 19.3 Å². The third-order valence-electron chi connectivity index (χ3n) is 4.65. The molecule has 0 saturated heterocycles. The Morgan fingerprint density at radius 3 is 2.66 bits per heavy atom. The molecule has 0 bridgehead atoms. The number of aromatic nitrogens is 4. The second-order valence-electron chi connectivity index (χ2n) is 8.30. The number of anilines is 3. The van der Waals surface area contributed by atoms with Gasteiger partial charge in [0.2, 0.25) is 0 Å². The van der Waals surface area contributed by atoms with Gasteiger partial charge in [-0.3, -0.25) is 9.69 Å². The first-order chi connectivity index (χ1) is 16.6. The summed E-state index contributed by atoms with van der Waals surface area (Å²) in [6.45, 7) is 5.19. The Labute approximate surface area is 198 Å². The minimum atomic E-state index is -0.811. The normalized spacial score (nSPS) is 11.3. The minimum Gasteiger partial charge on any atom is -0.463 e. The molecule has 35 heavy (non-hydrogen) atoms. The predicted octanol–water partition coefficient (Wildman–Crippen LogP) is 3.26. The number of esters is 1. The molecule has 0 aromatic carbocycles. The molecule has 4 rings (SSSR count). The van der Waals surface area contributed by atoms with Crippen LogP contribution in [0.3, 0.4) is 0 Å². The molecule has 4 heterocycles. The van der Waals surface area contributed by atoms with Crippen molar-refractivity contribution in [3.8, 4) is 6.01 Å². The molecule has 0 atom stereocenters. The molecule has 1 amide bonds. The number of nitrogens with zero attached hydrogens (tertiary/aromatic N) is 5. The van der Waals surface area contributed by atoms with E-state index < -0.39 is 23.2 Å². The van der Waals surface area contributed by atoms with Gasteiger partial charge in [0.15, 0.2) is 5.52 Å². The zero-order chi connectivity index (χ0) is 25.3. The van der Waals surface area contributed by atoms with Gasteiger partial charge in [-0.1, -0.05) is 5.16 Å². The summed E-state index contributed by atoms with van der Waals surface area (Å²) in [7, 11) is 2.65. The maximum absolute atomic E-state index is 13.0. The zero-order valence-electron chi connectivity index (χ0n) is 19.6. The van der Waals surface area contributed by atoms with Gasteiger partial charge in [0.05, 0.1) is 19.0 Å². The van der Waals surface area contributed by atoms with Gasteiger partial charge in [-0.2, -0.15) is 0 Å². The molecule has 0 unspecified atom stereocenters. The number of hydrogen-bond acceptors (Lipinski definition) is 11. The lowest BCUT2D eigenvalue weighted by Crippen LogP contribution is -2.34. The maximum atomic E-state index is 13.0. The topological polar surface area (TPSA) is 155 Å². The Morgan fingerprint density at radius 1 is 1.23 bits per heavy atom. The largest absolute Gasteiger partial charge is 0.463 e. The van der Waals surface area contributed by atoms with Crippen molar-refractivity contribution in [3.63, 3.8) is 0 Å². The second-order valence-corrected chi connectivity index (χ2v) is 8.30. The highest BCUT2D eigenvalue weighted by atomic mass is 16.6. The van der Waals surface area contributed by atoms with Gasteiger partial charge in [0.25, 0.3) is 11.3 Å². The van der Waals surface area contributed by atoms with Crippen LogP contribution < -0.4 is 15.8 Å². The van der Waals surface area contributed by atoms with Gasteiger partial charge in [-0.05, 0) is 32.9 Å². The Kier molecular flexibility index (Phi) is 5.99. The van der Waals surface area contributed by atoms with Gasteiger partial charge < -0.3 is 23.7 Å². The highest BCUT2D eigenvalue weighted by molar-refractivity contribution is 6.06. The summed E-state index contributed by atoms with van der Waals surface area (Å²) in [5, 5.41) is 6.81. The fourth-order valence-corrected chi connectivity index (χ4v) is 3.10. The molecular weight excluding hydrogens is 460 g/mol. The van der Waals surface area contributed by atoms with E-state index in [0.717, 1.165) is 0 Å². The standard InChI is InChI=1S/C22H22N6O7/c1-22(2,3)34-21(31)27(4)13-11-14(25-16-15(13)26-35-17(16)19(30)32-5)24-12-7-6-9-28(18(12)29)20-23-8-10-33-20/h6-11H,1-5H3,(H,24,25). The summed E-state index contributed by atoms with van der Waals surface area (Å²) in [6.07, 6.45) is 3.57. The van der Waals surface area contributed by atoms with Crippen molar-refractivity contribution < 1.29 is 28.0 Å². The predicted molar refractivity (Wildman–Crippen MR) is 123 cm³/mol. The minimum absolute atomic E-state index is 0.0243. The first kappa shape index (κ1) is 23.5. The van der Waals surface area contributed by atoms with E-state index in [-0.39, 0.29) is 40.0 Å². The molecule has 0 fully saturated rings. The Hall–Kier alpha value is -4.68. The van der Waals surface area contributed by atoms with Crippen LogP contribution in [0.1, 0.15) is 31.3 Å². The van der Waals surface area contributed by atoms with Crippen LogP contribution in [0.5, 0.6) is 0 Å². The van der Waals surface area contributed by atoms with Gasteiger partial charge >= 0.3 is 18.1 Å². The summed E-state index contributed by atoms with van der Waals surface area (Å²) < 4.78 is 21.7. The smallest absolute Gasteiger partial charge is 0.414 e. The van der Waals surface area contributed by atoms with Crippen LogP contribution in [0.2, 0.25) is 0 Å². The summed E-state index contributed by atoms with van der Waals surface area (Å²) in [5.41, 5.74) is -0.744. The molecule has 0 radical (unpaired) electrons. The number of fused-ring (bicyclic) bond motifs is 1. The van der Waals surface area contributed by atoms with Crippen LogP contribution in [0.4, 0.5) is 22.0 Å². The second kappa shape index (κ2) is 8.93. The molecule has 0 saturated carbocycles. The average molecular weight is 482 g/mol. The number of carbonyl (C=O) groups excluding carboxylic acids is 2. The van der Waals surface area contributed by atoms with E-state index in [0.29, 0.717) is 0 Å². The monoisotopic (exact) mass is 482 g/mol. The number of rotatable bonds is 5. The molecule has 0 spiro atoms. The summed E-state index contributed by atoms with van der Waals surface area (Å²) in [6, 6.07) is 4.69. The van der Waals surface area contributed by atoms with Crippen molar-refractivity contribution >= 4 is 40.3 Å². The van der Waals surface area contributed by atoms with Crippen molar-refractivity contribution in [2.45, 2.75) is 26.4 Å². The van der Waals surface area contributed by atoms with Crippen LogP contribution >= 0.6 is 0 Å². The van der Waals surface area contributed by atoms with Crippen molar-refractivity contribution in [1.29, 1.82) is 0 Å². The SMILES string of the molecule is COC(=O)c1onc2c(N(C)C(=O)OC(C)(C)C)cc(Nc3cccn(-c4ncco4)c3=O)nc12. The van der Waals surface area contributed by atoms with E-state index in [2.05, 4.69) is 20.4 Å². The van der Waals surface area contributed by atoms with Crippen molar-refractivity contribution in [1.82, 2.24) is 19.7 Å². The summed E-state index contributed by atoms with van der Waals surface area (Å²) in [4.78, 5) is 47.5. The Bertz CT molecular complexity index is 1450. The number of amides is 1. The van der Waals surface area contributed by atoms with E-state index in [4.69, 9.17) is 18.4 Å². The molecule has 4 aromatic heterocycles. The number of methoxy groups -OCH3 is 1. The number of ether oxygens (including phenoxy) is 2. The van der Waals surface area contributed by atoms with Crippen LogP contribution in [0.15, 0.2) is 50.6 Å². The van der Waals surface area contributed by atoms with E-state index in [1.807, 2.05) is 0 Å². The average Bonchev–Trinajstić information content (AvgIpc) is 3.48. The molecule has 4 aromatic rings. The highest BCUT2D eigenvalue weighted by Gasteiger charge is 2.27. The fraction of sp³-hybridized carbons (Fsp3) is 0.273. The number of carbonyl (C=O) groups is 2. The van der Waals surface area contributed by atoms with Crippen molar-refractivity contribution in [3.05, 3.63) is 53.0 Å². The van der Waals surface area contributed by atoms with Crippen molar-refractivity contribution in [2.75, 3.05) is 24.4 Å². The number of oxazole rings is 1. The Balaban J connectivity index is 1.82. The van der Waals surface area contributed by atoms with E-state index in [9.17, 15) is 14.4 Å². The summed E-state index contributed by atoms with van der Waals surface area (Å²) in [5.74, 6) is -0.956. The van der Waals surface area contributed by atoms with Crippen LogP contribution in [0.25, 0.3) is 17.0 Å². The molecule has 0 aliphatic carbocycles. The fourth-order valence-electron chi connectivity index (χ4n) is 3.10. The molecule has 0 aliphatic heterocycles. The molecule has 1 N–H and O–H groups in total. The lowest BCUT2D eigenvalue weighted by molar-refractivity contribution is 0.0554. The molecule has 182 valence electrons. The van der Waals surface area contributed by atoms with Crippen LogP contribution in [0, 0.1) is 0 Å². The van der Waals surface area contributed by atoms with Gasteiger partial charge in [0.1, 0.15) is 28.9 Å². The van der Waals surface area contributed by atoms with E-state index >= 15 is 0 Å². The van der Waals surface area contributed by atoms with Crippen LogP contribution in [-0.4, -0.2) is 51.5 Å². The molecule has 13 heteroatoms. The number of hydrogen-bond donors (Lipinski definition) is 1. The van der Waals surface area contributed by atoms with Gasteiger partial charge in [-0.15, -0.1) is 0 Å². The van der Waals surface area contributed by atoms with Crippen LogP contribution in [-0.2, 0) is 9.47 Å². The van der Waals surface area contributed by atoms with E-state index in [1.165, 1.54) is 54.4 Å². The zero-order valence-corrected chi connectivity index (χ0v) is 19.6. The number of pyridine rings is 2. The number of nitrogens with one attached hydrogen (secondary N) is 1.